The third kappa shape index (κ3) is 2.28. The number of phenols is 1. The summed E-state index contributed by atoms with van der Waals surface area (Å²) in [4.78, 5) is 13.4. The van der Waals surface area contributed by atoms with E-state index in [-0.39, 0.29) is 17.4 Å². The fourth-order valence-electron chi connectivity index (χ4n) is 1.46. The van der Waals surface area contributed by atoms with Gasteiger partial charge in [0.05, 0.1) is 0 Å². The van der Waals surface area contributed by atoms with Gasteiger partial charge in [0.2, 0.25) is 0 Å². The lowest BCUT2D eigenvalue weighted by Crippen LogP contribution is -2.26. The lowest BCUT2D eigenvalue weighted by Gasteiger charge is -2.15. The van der Waals surface area contributed by atoms with Crippen LogP contribution in [-0.4, -0.2) is 23.2 Å². The molecular formula is C12H12N2O3. The number of aromatic hydroxyl groups is 1. The van der Waals surface area contributed by atoms with Gasteiger partial charge in [0.25, 0.3) is 5.91 Å². The van der Waals surface area contributed by atoms with E-state index in [0.29, 0.717) is 11.4 Å². The maximum atomic E-state index is 12.0. The van der Waals surface area contributed by atoms with Gasteiger partial charge in [0.15, 0.2) is 5.69 Å². The Bertz CT molecular complexity index is 548. The Labute approximate surface area is 98.3 Å². The molecule has 0 spiro atoms. The SMILES string of the molecule is Cc1cc(C(=O)N(C)c2cccc(O)c2)no1. The van der Waals surface area contributed by atoms with Gasteiger partial charge in [-0.3, -0.25) is 4.79 Å². The summed E-state index contributed by atoms with van der Waals surface area (Å²) in [6, 6.07) is 8.02. The van der Waals surface area contributed by atoms with Gasteiger partial charge >= 0.3 is 0 Å². The minimum atomic E-state index is -0.285. The number of benzene rings is 1. The zero-order valence-electron chi connectivity index (χ0n) is 9.54. The number of aromatic nitrogens is 1. The van der Waals surface area contributed by atoms with Crippen molar-refractivity contribution in [1.29, 1.82) is 0 Å². The molecule has 5 heteroatoms. The fourth-order valence-corrected chi connectivity index (χ4v) is 1.46. The molecule has 5 nitrogen and oxygen atoms in total. The van der Waals surface area contributed by atoms with Crippen LogP contribution in [0, 0.1) is 6.92 Å². The highest BCUT2D eigenvalue weighted by Gasteiger charge is 2.17. The zero-order valence-corrected chi connectivity index (χ0v) is 9.54. The molecule has 0 radical (unpaired) electrons. The second kappa shape index (κ2) is 4.29. The summed E-state index contributed by atoms with van der Waals surface area (Å²) in [5, 5.41) is 13.0. The van der Waals surface area contributed by atoms with E-state index in [0.717, 1.165) is 0 Å². The molecule has 2 aromatic rings. The molecule has 0 unspecified atom stereocenters. The number of carbonyl (C=O) groups is 1. The van der Waals surface area contributed by atoms with Crippen LogP contribution in [0.5, 0.6) is 5.75 Å². The van der Waals surface area contributed by atoms with E-state index in [2.05, 4.69) is 5.16 Å². The average molecular weight is 232 g/mol. The van der Waals surface area contributed by atoms with Crippen LogP contribution in [0.1, 0.15) is 16.2 Å². The number of nitrogens with zero attached hydrogens (tertiary/aromatic N) is 2. The van der Waals surface area contributed by atoms with Gasteiger partial charge < -0.3 is 14.5 Å². The van der Waals surface area contributed by atoms with Crippen molar-refractivity contribution in [3.05, 3.63) is 41.8 Å². The second-order valence-corrected chi connectivity index (χ2v) is 3.71. The number of rotatable bonds is 2. The Kier molecular flexibility index (Phi) is 2.82. The summed E-state index contributed by atoms with van der Waals surface area (Å²) in [7, 11) is 1.61. The topological polar surface area (TPSA) is 66.6 Å². The van der Waals surface area contributed by atoms with Crippen molar-refractivity contribution in [2.45, 2.75) is 6.92 Å². The Hall–Kier alpha value is -2.30. The quantitative estimate of drug-likeness (QED) is 0.859. The van der Waals surface area contributed by atoms with Crippen LogP contribution >= 0.6 is 0 Å². The number of amides is 1. The van der Waals surface area contributed by atoms with Gasteiger partial charge in [-0.15, -0.1) is 0 Å². The van der Waals surface area contributed by atoms with E-state index < -0.39 is 0 Å². The lowest BCUT2D eigenvalue weighted by molar-refractivity contribution is 0.0984. The maximum Gasteiger partial charge on any atom is 0.280 e. The van der Waals surface area contributed by atoms with Gasteiger partial charge in [-0.1, -0.05) is 11.2 Å². The molecule has 0 saturated heterocycles. The van der Waals surface area contributed by atoms with Crippen molar-refractivity contribution in [3.8, 4) is 5.75 Å². The predicted octanol–water partition coefficient (Wildman–Crippen LogP) is 1.97. The first-order valence-electron chi connectivity index (χ1n) is 5.08. The van der Waals surface area contributed by atoms with Crippen molar-refractivity contribution < 1.29 is 14.4 Å². The first-order chi connectivity index (χ1) is 8.08. The standard InChI is InChI=1S/C12H12N2O3/c1-8-6-11(13-17-8)12(16)14(2)9-4-3-5-10(15)7-9/h3-7,15H,1-2H3. The molecule has 0 fully saturated rings. The van der Waals surface area contributed by atoms with E-state index in [4.69, 9.17) is 4.52 Å². The zero-order chi connectivity index (χ0) is 12.4. The second-order valence-electron chi connectivity index (χ2n) is 3.71. The molecule has 2 rings (SSSR count). The van der Waals surface area contributed by atoms with E-state index in [9.17, 15) is 9.90 Å². The molecule has 1 N–H and O–H groups in total. The van der Waals surface area contributed by atoms with Gasteiger partial charge in [0.1, 0.15) is 11.5 Å². The molecule has 0 saturated carbocycles. The molecule has 0 aliphatic heterocycles. The number of hydrogen-bond acceptors (Lipinski definition) is 4. The number of anilines is 1. The number of hydrogen-bond donors (Lipinski definition) is 1. The van der Waals surface area contributed by atoms with Gasteiger partial charge in [-0.25, -0.2) is 0 Å². The van der Waals surface area contributed by atoms with Crippen LogP contribution in [0.2, 0.25) is 0 Å². The summed E-state index contributed by atoms with van der Waals surface area (Å²) in [6.45, 7) is 1.72. The molecule has 17 heavy (non-hydrogen) atoms. The minimum absolute atomic E-state index is 0.110. The van der Waals surface area contributed by atoms with E-state index >= 15 is 0 Å². The molecule has 0 bridgehead atoms. The van der Waals surface area contributed by atoms with Crippen molar-refractivity contribution in [3.63, 3.8) is 0 Å². The smallest absolute Gasteiger partial charge is 0.280 e. The Balaban J connectivity index is 2.26. The largest absolute Gasteiger partial charge is 0.508 e. The van der Waals surface area contributed by atoms with E-state index in [1.54, 1.807) is 38.2 Å². The normalized spacial score (nSPS) is 10.2. The van der Waals surface area contributed by atoms with E-state index in [1.165, 1.54) is 11.0 Å². The lowest BCUT2D eigenvalue weighted by atomic mass is 10.2. The summed E-state index contributed by atoms with van der Waals surface area (Å²) in [5.41, 5.74) is 0.837. The highest BCUT2D eigenvalue weighted by Crippen LogP contribution is 2.20. The van der Waals surface area contributed by atoms with Crippen LogP contribution in [0.4, 0.5) is 5.69 Å². The molecule has 1 amide bonds. The van der Waals surface area contributed by atoms with Crippen LogP contribution in [0.15, 0.2) is 34.9 Å². The van der Waals surface area contributed by atoms with Gasteiger partial charge in [0, 0.05) is 24.9 Å². The molecule has 0 atom stereocenters. The monoisotopic (exact) mass is 232 g/mol. The third-order valence-corrected chi connectivity index (χ3v) is 2.37. The van der Waals surface area contributed by atoms with Crippen LogP contribution in [0.25, 0.3) is 0 Å². The van der Waals surface area contributed by atoms with Crippen molar-refractivity contribution in [2.75, 3.05) is 11.9 Å². The summed E-state index contributed by atoms with van der Waals surface area (Å²) in [6.07, 6.45) is 0. The summed E-state index contributed by atoms with van der Waals surface area (Å²) >= 11 is 0. The fraction of sp³-hybridized carbons (Fsp3) is 0.167. The molecule has 1 aromatic heterocycles. The van der Waals surface area contributed by atoms with Crippen molar-refractivity contribution in [1.82, 2.24) is 5.16 Å². The number of phenolic OH excluding ortho intramolecular Hbond substituents is 1. The molecule has 1 heterocycles. The molecule has 0 aliphatic rings. The molecule has 0 aliphatic carbocycles. The first kappa shape index (κ1) is 11.2. The average Bonchev–Trinajstić information content (AvgIpc) is 2.74. The molecule has 1 aromatic carbocycles. The highest BCUT2D eigenvalue weighted by molar-refractivity contribution is 6.04. The molecule has 88 valence electrons. The first-order valence-corrected chi connectivity index (χ1v) is 5.08. The van der Waals surface area contributed by atoms with E-state index in [1.807, 2.05) is 0 Å². The Morgan fingerprint density at radius 2 is 2.18 bits per heavy atom. The van der Waals surface area contributed by atoms with Gasteiger partial charge in [-0.2, -0.15) is 0 Å². The van der Waals surface area contributed by atoms with Gasteiger partial charge in [-0.05, 0) is 19.1 Å². The third-order valence-electron chi connectivity index (χ3n) is 2.37. The summed E-state index contributed by atoms with van der Waals surface area (Å²) in [5.74, 6) is 0.406. The van der Waals surface area contributed by atoms with Crippen molar-refractivity contribution >= 4 is 11.6 Å². The summed E-state index contributed by atoms with van der Waals surface area (Å²) < 4.78 is 4.85. The Morgan fingerprint density at radius 3 is 2.76 bits per heavy atom. The number of carbonyl (C=O) groups excluding carboxylic acids is 1. The Morgan fingerprint density at radius 1 is 1.41 bits per heavy atom. The number of aryl methyl sites for hydroxylation is 1. The minimum Gasteiger partial charge on any atom is -0.508 e. The molecular weight excluding hydrogens is 220 g/mol. The predicted molar refractivity (Wildman–Crippen MR) is 62.1 cm³/mol. The maximum absolute atomic E-state index is 12.0. The van der Waals surface area contributed by atoms with Crippen molar-refractivity contribution in [2.24, 2.45) is 0 Å². The highest BCUT2D eigenvalue weighted by atomic mass is 16.5. The van der Waals surface area contributed by atoms with Crippen LogP contribution < -0.4 is 4.90 Å². The van der Waals surface area contributed by atoms with Crippen LogP contribution in [0.3, 0.4) is 0 Å². The van der Waals surface area contributed by atoms with Crippen LogP contribution in [-0.2, 0) is 0 Å².